The number of nitrogens with zero attached hydrogens (tertiary/aromatic N) is 2. The van der Waals surface area contributed by atoms with E-state index in [9.17, 15) is 14.7 Å². The lowest BCUT2D eigenvalue weighted by atomic mass is 10.1. The monoisotopic (exact) mass is 321 g/mol. The van der Waals surface area contributed by atoms with E-state index >= 15 is 0 Å². The Morgan fingerprint density at radius 1 is 1.59 bits per heavy atom. The smallest absolute Gasteiger partial charge is 0.336 e. The number of pyridine rings is 1. The molecule has 0 unspecified atom stereocenters. The predicted molar refractivity (Wildman–Crippen MR) is 82.0 cm³/mol. The molecule has 0 aromatic carbocycles. The third kappa shape index (κ3) is 2.55. The molecule has 1 aliphatic rings. The lowest BCUT2D eigenvalue weighted by Crippen LogP contribution is -2.20. The Morgan fingerprint density at radius 3 is 2.91 bits per heavy atom. The lowest BCUT2D eigenvalue weighted by Gasteiger charge is -2.12. The predicted octanol–water partition coefficient (Wildman–Crippen LogP) is 1.68. The van der Waals surface area contributed by atoms with Crippen LogP contribution in [0.1, 0.15) is 34.8 Å². The third-order valence-corrected chi connectivity index (χ3v) is 4.04. The Labute approximate surface area is 130 Å². The zero-order chi connectivity index (χ0) is 15.9. The molecule has 0 bridgehead atoms. The molecule has 0 aliphatic heterocycles. The fourth-order valence-electron chi connectivity index (χ4n) is 2.44. The molecule has 2 aromatic rings. The van der Waals surface area contributed by atoms with E-state index < -0.39 is 11.5 Å². The van der Waals surface area contributed by atoms with Crippen LogP contribution in [0.3, 0.4) is 0 Å². The van der Waals surface area contributed by atoms with Crippen LogP contribution in [0, 0.1) is 4.77 Å². The summed E-state index contributed by atoms with van der Waals surface area (Å²) in [5.74, 6) is -0.874. The van der Waals surface area contributed by atoms with E-state index in [0.29, 0.717) is 24.5 Å². The first-order valence-corrected chi connectivity index (χ1v) is 7.33. The van der Waals surface area contributed by atoms with Crippen LogP contribution in [0.15, 0.2) is 10.9 Å². The van der Waals surface area contributed by atoms with E-state index in [2.05, 4.69) is 9.97 Å². The second-order valence-corrected chi connectivity index (χ2v) is 5.66. The van der Waals surface area contributed by atoms with Crippen molar-refractivity contribution in [2.45, 2.75) is 25.3 Å². The van der Waals surface area contributed by atoms with Gasteiger partial charge in [0.2, 0.25) is 0 Å². The number of nitrogens with one attached hydrogen (secondary N) is 1. The number of carbonyl (C=O) groups is 1. The van der Waals surface area contributed by atoms with Gasteiger partial charge in [0.25, 0.3) is 5.56 Å². The summed E-state index contributed by atoms with van der Waals surface area (Å²) in [4.78, 5) is 30.7. The van der Waals surface area contributed by atoms with Gasteiger partial charge in [-0.2, -0.15) is 0 Å². The molecular weight excluding hydrogens is 306 g/mol. The average molecular weight is 321 g/mol. The maximum Gasteiger partial charge on any atom is 0.336 e. The number of carboxylic acids is 1. The molecule has 1 aliphatic carbocycles. The van der Waals surface area contributed by atoms with Gasteiger partial charge in [-0.1, -0.05) is 0 Å². The molecule has 22 heavy (non-hydrogen) atoms. The Kier molecular flexibility index (Phi) is 3.79. The van der Waals surface area contributed by atoms with Gasteiger partial charge >= 0.3 is 5.97 Å². The number of hydrogen-bond donors (Lipinski definition) is 2. The largest absolute Gasteiger partial charge is 0.478 e. The van der Waals surface area contributed by atoms with Gasteiger partial charge in [0.1, 0.15) is 5.65 Å². The van der Waals surface area contributed by atoms with Crippen molar-refractivity contribution < 1.29 is 14.6 Å². The molecule has 2 aromatic heterocycles. The van der Waals surface area contributed by atoms with Crippen LogP contribution < -0.4 is 5.56 Å². The first kappa shape index (κ1) is 14.9. The summed E-state index contributed by atoms with van der Waals surface area (Å²) in [6.07, 6.45) is 1.97. The lowest BCUT2D eigenvalue weighted by molar-refractivity contribution is 0.0698. The van der Waals surface area contributed by atoms with Gasteiger partial charge in [-0.15, -0.1) is 0 Å². The number of H-pyrrole nitrogens is 1. The second kappa shape index (κ2) is 5.62. The van der Waals surface area contributed by atoms with Gasteiger partial charge in [-0.25, -0.2) is 9.78 Å². The molecule has 0 atom stereocenters. The van der Waals surface area contributed by atoms with E-state index in [1.165, 1.54) is 6.07 Å². The van der Waals surface area contributed by atoms with Crippen molar-refractivity contribution in [2.75, 3.05) is 13.7 Å². The van der Waals surface area contributed by atoms with Crippen molar-refractivity contribution in [3.8, 4) is 0 Å². The van der Waals surface area contributed by atoms with Crippen LogP contribution in [0.25, 0.3) is 11.0 Å². The Morgan fingerprint density at radius 2 is 2.32 bits per heavy atom. The molecule has 8 heteroatoms. The molecule has 2 N–H and O–H groups in total. The molecular formula is C14H15N3O4S. The minimum absolute atomic E-state index is 0.0330. The highest BCUT2D eigenvalue weighted by Crippen LogP contribution is 2.39. The van der Waals surface area contributed by atoms with Crippen LogP contribution in [0.2, 0.25) is 0 Å². The summed E-state index contributed by atoms with van der Waals surface area (Å²) in [5, 5.41) is 9.49. The van der Waals surface area contributed by atoms with E-state index in [1.54, 1.807) is 11.7 Å². The van der Waals surface area contributed by atoms with Crippen molar-refractivity contribution in [3.05, 3.63) is 32.4 Å². The van der Waals surface area contributed by atoms with Crippen molar-refractivity contribution in [1.82, 2.24) is 14.5 Å². The number of aromatic nitrogens is 3. The van der Waals surface area contributed by atoms with Gasteiger partial charge in [-0.3, -0.25) is 9.78 Å². The van der Waals surface area contributed by atoms with Gasteiger partial charge in [0, 0.05) is 18.7 Å². The van der Waals surface area contributed by atoms with Crippen molar-refractivity contribution in [2.24, 2.45) is 0 Å². The van der Waals surface area contributed by atoms with Crippen LogP contribution in [0.5, 0.6) is 0 Å². The summed E-state index contributed by atoms with van der Waals surface area (Å²) >= 11 is 5.18. The number of methoxy groups -OCH3 is 1. The summed E-state index contributed by atoms with van der Waals surface area (Å²) in [6.45, 7) is 0.774. The van der Waals surface area contributed by atoms with Crippen molar-refractivity contribution in [1.29, 1.82) is 0 Å². The number of carboxylic acid groups (broad SMARTS) is 1. The molecule has 116 valence electrons. The molecule has 3 rings (SSSR count). The molecule has 0 spiro atoms. The first-order chi connectivity index (χ1) is 10.5. The molecule has 0 saturated heterocycles. The zero-order valence-electron chi connectivity index (χ0n) is 12.0. The average Bonchev–Trinajstić information content (AvgIpc) is 3.30. The summed E-state index contributed by atoms with van der Waals surface area (Å²) < 4.78 is 6.88. The highest BCUT2D eigenvalue weighted by Gasteiger charge is 2.28. The highest BCUT2D eigenvalue weighted by atomic mass is 32.1. The molecule has 1 saturated carbocycles. The number of rotatable bonds is 5. The van der Waals surface area contributed by atoms with Gasteiger partial charge in [0.15, 0.2) is 4.77 Å². The number of aromatic carboxylic acids is 1. The van der Waals surface area contributed by atoms with E-state index in [-0.39, 0.29) is 21.6 Å². The second-order valence-electron chi connectivity index (χ2n) is 5.28. The number of ether oxygens (including phenoxy) is 1. The Hall–Kier alpha value is -2.06. The Balaban J connectivity index is 2.36. The summed E-state index contributed by atoms with van der Waals surface area (Å²) in [7, 11) is 1.56. The number of fused-ring (bicyclic) bond motifs is 1. The van der Waals surface area contributed by atoms with Crippen LogP contribution in [-0.2, 0) is 11.3 Å². The van der Waals surface area contributed by atoms with Crippen molar-refractivity contribution >= 4 is 29.2 Å². The number of hydrogen-bond acceptors (Lipinski definition) is 5. The van der Waals surface area contributed by atoms with Gasteiger partial charge in [0.05, 0.1) is 24.1 Å². The summed E-state index contributed by atoms with van der Waals surface area (Å²) in [6, 6.07) is 1.50. The fraction of sp³-hybridized carbons (Fsp3) is 0.429. The fourth-order valence-corrected chi connectivity index (χ4v) is 2.71. The van der Waals surface area contributed by atoms with Crippen LogP contribution in [0.4, 0.5) is 0 Å². The van der Waals surface area contributed by atoms with E-state index in [4.69, 9.17) is 17.0 Å². The van der Waals surface area contributed by atoms with Crippen LogP contribution in [-0.4, -0.2) is 39.3 Å². The third-order valence-electron chi connectivity index (χ3n) is 3.71. The minimum atomic E-state index is -1.14. The molecule has 7 nitrogen and oxygen atoms in total. The van der Waals surface area contributed by atoms with Crippen LogP contribution >= 0.6 is 12.2 Å². The SMILES string of the molecule is COCCn1c(=S)[nH]c(=O)c2c(C(=O)O)cc(C3CC3)nc21. The zero-order valence-corrected chi connectivity index (χ0v) is 12.8. The maximum atomic E-state index is 12.2. The maximum absolute atomic E-state index is 12.2. The highest BCUT2D eigenvalue weighted by molar-refractivity contribution is 7.71. The molecule has 2 heterocycles. The standard InChI is InChI=1S/C14H15N3O4S/c1-21-5-4-17-11-10(12(18)16-14(17)22)8(13(19)20)6-9(15-11)7-2-3-7/h6-7H,2-5H2,1H3,(H,19,20)(H,16,18,22). The Bertz CT molecular complexity index is 867. The summed E-state index contributed by atoms with van der Waals surface area (Å²) in [5.41, 5.74) is 0.457. The molecule has 0 amide bonds. The van der Waals surface area contributed by atoms with Crippen molar-refractivity contribution in [3.63, 3.8) is 0 Å². The normalized spacial score (nSPS) is 14.4. The van der Waals surface area contributed by atoms with E-state index in [1.807, 2.05) is 0 Å². The van der Waals surface area contributed by atoms with Gasteiger partial charge < -0.3 is 14.4 Å². The molecule has 0 radical (unpaired) electrons. The topological polar surface area (TPSA) is 97.2 Å². The minimum Gasteiger partial charge on any atom is -0.478 e. The van der Waals surface area contributed by atoms with E-state index in [0.717, 1.165) is 12.8 Å². The first-order valence-electron chi connectivity index (χ1n) is 6.93. The number of aromatic amines is 1. The quantitative estimate of drug-likeness (QED) is 0.813. The van der Waals surface area contributed by atoms with Gasteiger partial charge in [-0.05, 0) is 31.1 Å². The molecule has 1 fully saturated rings.